The summed E-state index contributed by atoms with van der Waals surface area (Å²) in [6.07, 6.45) is 2.47. The molecule has 1 atom stereocenters. The van der Waals surface area contributed by atoms with Crippen LogP contribution in [0.25, 0.3) is 10.9 Å². The molecule has 1 unspecified atom stereocenters. The topological polar surface area (TPSA) is 64.8 Å². The van der Waals surface area contributed by atoms with Crippen LogP contribution in [0.4, 0.5) is 5.69 Å². The van der Waals surface area contributed by atoms with Crippen LogP contribution in [0.3, 0.4) is 0 Å². The number of nitrogens with zero attached hydrogens (tertiary/aromatic N) is 4. The largest absolute Gasteiger partial charge is 0.382 e. The summed E-state index contributed by atoms with van der Waals surface area (Å²) in [6.45, 7) is 3.15. The van der Waals surface area contributed by atoms with Gasteiger partial charge in [0.05, 0.1) is 11.2 Å². The average molecular weight is 281 g/mol. The van der Waals surface area contributed by atoms with Crippen molar-refractivity contribution in [2.75, 3.05) is 32.0 Å². The molecule has 1 N–H and O–H groups in total. The number of nitrogens with one attached hydrogen (secondary N) is 1. The summed E-state index contributed by atoms with van der Waals surface area (Å²) in [7, 11) is 2.16. The highest BCUT2D eigenvalue weighted by atomic mass is 15.1. The number of nitriles is 1. The molecule has 0 spiro atoms. The normalized spacial score (nSPS) is 19.3. The number of likely N-dealkylation sites (tertiary alicyclic amines) is 1. The van der Waals surface area contributed by atoms with Gasteiger partial charge in [-0.25, -0.2) is 0 Å². The second kappa shape index (κ2) is 6.06. The van der Waals surface area contributed by atoms with Gasteiger partial charge in [0.1, 0.15) is 6.07 Å². The maximum absolute atomic E-state index is 9.26. The number of aromatic nitrogens is 2. The van der Waals surface area contributed by atoms with Crippen LogP contribution in [0.15, 0.2) is 24.3 Å². The van der Waals surface area contributed by atoms with Crippen molar-refractivity contribution < 1.29 is 0 Å². The Morgan fingerprint density at radius 1 is 1.38 bits per heavy atom. The van der Waals surface area contributed by atoms with Crippen LogP contribution >= 0.6 is 0 Å². The first-order valence-electron chi connectivity index (χ1n) is 7.36. The van der Waals surface area contributed by atoms with Gasteiger partial charge < -0.3 is 10.2 Å². The fourth-order valence-corrected chi connectivity index (χ4v) is 3.00. The highest BCUT2D eigenvalue weighted by Crippen LogP contribution is 2.25. The molecule has 0 amide bonds. The molecule has 5 nitrogen and oxygen atoms in total. The lowest BCUT2D eigenvalue weighted by molar-refractivity contribution is 0.217. The molecular formula is C16H19N5. The van der Waals surface area contributed by atoms with Gasteiger partial charge in [0, 0.05) is 18.5 Å². The molecule has 1 aliphatic heterocycles. The molecule has 0 saturated carbocycles. The predicted molar refractivity (Wildman–Crippen MR) is 83.0 cm³/mol. The molecular weight excluding hydrogens is 262 g/mol. The van der Waals surface area contributed by atoms with E-state index in [1.54, 1.807) is 0 Å². The molecule has 5 heteroatoms. The van der Waals surface area contributed by atoms with Gasteiger partial charge in [-0.1, -0.05) is 18.2 Å². The number of hydrogen-bond acceptors (Lipinski definition) is 5. The lowest BCUT2D eigenvalue weighted by Gasteiger charge is -2.30. The van der Waals surface area contributed by atoms with Crippen molar-refractivity contribution in [1.29, 1.82) is 5.26 Å². The van der Waals surface area contributed by atoms with E-state index < -0.39 is 0 Å². The van der Waals surface area contributed by atoms with Crippen LogP contribution in [-0.2, 0) is 0 Å². The van der Waals surface area contributed by atoms with Gasteiger partial charge in [0.25, 0.3) is 0 Å². The minimum Gasteiger partial charge on any atom is -0.382 e. The zero-order valence-electron chi connectivity index (χ0n) is 12.2. The number of benzene rings is 1. The first kappa shape index (κ1) is 13.8. The van der Waals surface area contributed by atoms with Gasteiger partial charge in [0.2, 0.25) is 0 Å². The fourth-order valence-electron chi connectivity index (χ4n) is 3.00. The van der Waals surface area contributed by atoms with Gasteiger partial charge in [-0.3, -0.25) is 0 Å². The molecule has 108 valence electrons. The van der Waals surface area contributed by atoms with Crippen LogP contribution in [0.5, 0.6) is 0 Å². The Balaban J connectivity index is 1.84. The molecule has 0 aliphatic carbocycles. The summed E-state index contributed by atoms with van der Waals surface area (Å²) >= 11 is 0. The maximum atomic E-state index is 9.26. The van der Waals surface area contributed by atoms with Crippen molar-refractivity contribution in [3.05, 3.63) is 30.0 Å². The van der Waals surface area contributed by atoms with Gasteiger partial charge in [-0.05, 0) is 38.4 Å². The van der Waals surface area contributed by atoms with E-state index in [0.29, 0.717) is 11.6 Å². The van der Waals surface area contributed by atoms with Gasteiger partial charge >= 0.3 is 0 Å². The number of rotatable bonds is 3. The predicted octanol–water partition coefficient (Wildman–Crippen LogP) is 2.26. The van der Waals surface area contributed by atoms with Gasteiger partial charge in [-0.15, -0.1) is 10.2 Å². The molecule has 0 bridgehead atoms. The molecule has 1 aliphatic rings. The van der Waals surface area contributed by atoms with Gasteiger partial charge in [0.15, 0.2) is 5.69 Å². The third kappa shape index (κ3) is 2.96. The lowest BCUT2D eigenvalue weighted by atomic mass is 9.98. The zero-order valence-corrected chi connectivity index (χ0v) is 12.2. The Bertz CT molecular complexity index is 676. The Kier molecular flexibility index (Phi) is 3.98. The minimum absolute atomic E-state index is 0.373. The van der Waals surface area contributed by atoms with Crippen molar-refractivity contribution in [3.8, 4) is 6.07 Å². The smallest absolute Gasteiger partial charge is 0.186 e. The van der Waals surface area contributed by atoms with E-state index >= 15 is 0 Å². The third-order valence-electron chi connectivity index (χ3n) is 4.06. The van der Waals surface area contributed by atoms with E-state index in [1.165, 1.54) is 19.4 Å². The van der Waals surface area contributed by atoms with E-state index in [9.17, 15) is 5.26 Å². The highest BCUT2D eigenvalue weighted by molar-refractivity contribution is 5.92. The van der Waals surface area contributed by atoms with Crippen LogP contribution < -0.4 is 5.32 Å². The van der Waals surface area contributed by atoms with E-state index in [-0.39, 0.29) is 0 Å². The lowest BCUT2D eigenvalue weighted by Crippen LogP contribution is -2.35. The van der Waals surface area contributed by atoms with Crippen LogP contribution in [-0.4, -0.2) is 41.8 Å². The fraction of sp³-hybridized carbons (Fsp3) is 0.438. The molecule has 1 saturated heterocycles. The molecule has 0 radical (unpaired) electrons. The average Bonchev–Trinajstić information content (AvgIpc) is 2.52. The summed E-state index contributed by atoms with van der Waals surface area (Å²) in [5.41, 5.74) is 2.01. The van der Waals surface area contributed by atoms with Crippen LogP contribution in [0.2, 0.25) is 0 Å². The van der Waals surface area contributed by atoms with E-state index in [4.69, 9.17) is 0 Å². The summed E-state index contributed by atoms with van der Waals surface area (Å²) in [5, 5.41) is 21.8. The van der Waals surface area contributed by atoms with Crippen molar-refractivity contribution >= 4 is 16.6 Å². The summed E-state index contributed by atoms with van der Waals surface area (Å²) < 4.78 is 0. The second-order valence-electron chi connectivity index (χ2n) is 5.70. The van der Waals surface area contributed by atoms with Crippen LogP contribution in [0, 0.1) is 17.2 Å². The molecule has 21 heavy (non-hydrogen) atoms. The highest BCUT2D eigenvalue weighted by Gasteiger charge is 2.18. The second-order valence-corrected chi connectivity index (χ2v) is 5.70. The molecule has 3 rings (SSSR count). The molecule has 1 aromatic heterocycles. The summed E-state index contributed by atoms with van der Waals surface area (Å²) in [4.78, 5) is 2.37. The monoisotopic (exact) mass is 281 g/mol. The zero-order chi connectivity index (χ0) is 14.7. The summed E-state index contributed by atoms with van der Waals surface area (Å²) in [6, 6.07) is 9.94. The number of piperidine rings is 1. The standard InChI is InChI=1S/C16H19N5/c1-21-8-4-5-12(11-21)10-18-16-13-6-2-3-7-14(13)19-20-15(16)9-17/h2-3,6-7,12H,4-5,8,10-11H2,1H3,(H,18,19). The SMILES string of the molecule is CN1CCCC(CNc2c(C#N)nnc3ccccc23)C1. The molecule has 1 fully saturated rings. The van der Waals surface area contributed by atoms with Crippen molar-refractivity contribution in [1.82, 2.24) is 15.1 Å². The number of anilines is 1. The maximum Gasteiger partial charge on any atom is 0.186 e. The Hall–Kier alpha value is -2.19. The van der Waals surface area contributed by atoms with E-state index in [0.717, 1.165) is 29.7 Å². The summed E-state index contributed by atoms with van der Waals surface area (Å²) in [5.74, 6) is 0.613. The van der Waals surface area contributed by atoms with E-state index in [1.807, 2.05) is 24.3 Å². The molecule has 2 heterocycles. The third-order valence-corrected chi connectivity index (χ3v) is 4.06. The Morgan fingerprint density at radius 2 is 2.24 bits per heavy atom. The van der Waals surface area contributed by atoms with Crippen molar-refractivity contribution in [2.24, 2.45) is 5.92 Å². The van der Waals surface area contributed by atoms with Crippen LogP contribution in [0.1, 0.15) is 18.5 Å². The Morgan fingerprint density at radius 3 is 3.05 bits per heavy atom. The van der Waals surface area contributed by atoms with Gasteiger partial charge in [-0.2, -0.15) is 5.26 Å². The number of fused-ring (bicyclic) bond motifs is 1. The molecule has 1 aromatic carbocycles. The Labute approximate surface area is 124 Å². The first-order valence-corrected chi connectivity index (χ1v) is 7.36. The van der Waals surface area contributed by atoms with E-state index in [2.05, 4.69) is 33.5 Å². The molecule has 2 aromatic rings. The van der Waals surface area contributed by atoms with Crippen molar-refractivity contribution in [3.63, 3.8) is 0 Å². The quantitative estimate of drug-likeness (QED) is 0.935. The minimum atomic E-state index is 0.373. The first-order chi connectivity index (χ1) is 10.3. The van der Waals surface area contributed by atoms with Crippen molar-refractivity contribution in [2.45, 2.75) is 12.8 Å². The number of hydrogen-bond donors (Lipinski definition) is 1.